The van der Waals surface area contributed by atoms with E-state index < -0.39 is 5.91 Å². The molecule has 4 amide bonds. The van der Waals surface area contributed by atoms with Gasteiger partial charge >= 0.3 is 6.03 Å². The third-order valence-corrected chi connectivity index (χ3v) is 12.0. The highest BCUT2D eigenvalue weighted by Crippen LogP contribution is 2.40. The Hall–Kier alpha value is -6.54. The molecule has 304 valence electrons. The summed E-state index contributed by atoms with van der Waals surface area (Å²) in [7, 11) is 1.59. The second kappa shape index (κ2) is 16.4. The summed E-state index contributed by atoms with van der Waals surface area (Å²) in [6.45, 7) is 8.11. The van der Waals surface area contributed by atoms with Crippen LogP contribution in [0.3, 0.4) is 0 Å². The van der Waals surface area contributed by atoms with Gasteiger partial charge in [-0.05, 0) is 97.5 Å². The number of ether oxygens (including phenoxy) is 2. The van der Waals surface area contributed by atoms with Crippen molar-refractivity contribution in [3.8, 4) is 28.5 Å². The van der Waals surface area contributed by atoms with Gasteiger partial charge in [-0.3, -0.25) is 24.7 Å². The van der Waals surface area contributed by atoms with Gasteiger partial charge in [-0.25, -0.2) is 9.48 Å². The lowest BCUT2D eigenvalue weighted by molar-refractivity contribution is -0.120. The average Bonchev–Trinajstić information content (AvgIpc) is 3.52. The number of urea groups is 1. The number of nitrogens with zero attached hydrogens (tertiary/aromatic N) is 6. The second-order valence-corrected chi connectivity index (χ2v) is 15.6. The van der Waals surface area contributed by atoms with E-state index in [1.165, 1.54) is 16.9 Å². The van der Waals surface area contributed by atoms with Crippen molar-refractivity contribution in [2.45, 2.75) is 32.2 Å². The molecule has 14 heteroatoms. The number of aromatic nitrogens is 2. The molecule has 4 aliphatic heterocycles. The zero-order valence-electron chi connectivity index (χ0n) is 33.2. The number of methoxy groups -OCH3 is 1. The minimum absolute atomic E-state index is 0.221. The Morgan fingerprint density at radius 3 is 2.22 bits per heavy atom. The number of rotatable bonds is 10. The van der Waals surface area contributed by atoms with Crippen LogP contribution in [0.4, 0.5) is 33.4 Å². The number of imide groups is 1. The van der Waals surface area contributed by atoms with E-state index in [9.17, 15) is 14.4 Å². The SMILES string of the molecule is COc1cc(Oc2ccccc2)ccc1-c1nn2c(c1C(N)=O)Nc1ccc(N3CCN(CC4CCN(c5ccc(N6CCC(=O)NC6=O)cc5)CC4)CC3)cc1CC2. The number of nitrogens with one attached hydrogen (secondary N) is 2. The van der Waals surface area contributed by atoms with Gasteiger partial charge in [-0.1, -0.05) is 18.2 Å². The molecule has 0 radical (unpaired) electrons. The van der Waals surface area contributed by atoms with Crippen molar-refractivity contribution in [2.24, 2.45) is 11.7 Å². The summed E-state index contributed by atoms with van der Waals surface area (Å²) >= 11 is 0. The number of piperazine rings is 1. The number of piperidine rings is 1. The monoisotopic (exact) mass is 795 g/mol. The van der Waals surface area contributed by atoms with Crippen molar-refractivity contribution >= 4 is 46.4 Å². The Bertz CT molecular complexity index is 2350. The average molecular weight is 796 g/mol. The molecule has 9 rings (SSSR count). The van der Waals surface area contributed by atoms with Gasteiger partial charge in [0.15, 0.2) is 0 Å². The molecule has 0 atom stereocenters. The molecular weight excluding hydrogens is 747 g/mol. The molecule has 0 bridgehead atoms. The van der Waals surface area contributed by atoms with Crippen molar-refractivity contribution in [1.29, 1.82) is 0 Å². The Balaban J connectivity index is 0.798. The molecule has 3 fully saturated rings. The maximum Gasteiger partial charge on any atom is 0.328 e. The summed E-state index contributed by atoms with van der Waals surface area (Å²) in [4.78, 5) is 46.0. The summed E-state index contributed by atoms with van der Waals surface area (Å²) in [6, 6.07) is 29.3. The predicted octanol–water partition coefficient (Wildman–Crippen LogP) is 6.23. The molecule has 14 nitrogen and oxygen atoms in total. The van der Waals surface area contributed by atoms with Gasteiger partial charge in [-0.2, -0.15) is 5.10 Å². The van der Waals surface area contributed by atoms with Crippen LogP contribution in [-0.4, -0.2) is 92.0 Å². The van der Waals surface area contributed by atoms with Gasteiger partial charge < -0.3 is 30.3 Å². The lowest BCUT2D eigenvalue weighted by atomic mass is 9.95. The van der Waals surface area contributed by atoms with Gasteiger partial charge in [0.1, 0.15) is 34.3 Å². The highest BCUT2D eigenvalue weighted by Gasteiger charge is 2.30. The molecule has 4 N–H and O–H groups in total. The largest absolute Gasteiger partial charge is 0.496 e. The highest BCUT2D eigenvalue weighted by atomic mass is 16.5. The van der Waals surface area contributed by atoms with Crippen molar-refractivity contribution in [1.82, 2.24) is 20.0 Å². The molecule has 0 unspecified atom stereocenters. The molecule has 59 heavy (non-hydrogen) atoms. The van der Waals surface area contributed by atoms with E-state index in [4.69, 9.17) is 20.3 Å². The first-order chi connectivity index (χ1) is 28.8. The molecule has 4 aromatic carbocycles. The van der Waals surface area contributed by atoms with Crippen molar-refractivity contribution in [3.05, 3.63) is 102 Å². The van der Waals surface area contributed by atoms with Crippen LogP contribution in [0.1, 0.15) is 35.2 Å². The third kappa shape index (κ3) is 8.00. The predicted molar refractivity (Wildman–Crippen MR) is 228 cm³/mol. The Kier molecular flexibility index (Phi) is 10.5. The second-order valence-electron chi connectivity index (χ2n) is 15.6. The number of anilines is 5. The molecule has 3 saturated heterocycles. The Morgan fingerprint density at radius 2 is 1.49 bits per heavy atom. The first-order valence-corrected chi connectivity index (χ1v) is 20.4. The van der Waals surface area contributed by atoms with Gasteiger partial charge in [0.25, 0.3) is 5.91 Å². The fourth-order valence-electron chi connectivity index (χ4n) is 8.77. The van der Waals surface area contributed by atoms with Gasteiger partial charge in [0.2, 0.25) is 5.91 Å². The minimum atomic E-state index is -0.569. The van der Waals surface area contributed by atoms with Crippen LogP contribution in [-0.2, 0) is 17.8 Å². The van der Waals surface area contributed by atoms with E-state index >= 15 is 0 Å². The Morgan fingerprint density at radius 1 is 0.763 bits per heavy atom. The van der Waals surface area contributed by atoms with E-state index in [1.54, 1.807) is 18.1 Å². The van der Waals surface area contributed by atoms with Crippen LogP contribution in [0.5, 0.6) is 17.2 Å². The first kappa shape index (κ1) is 38.0. The number of nitrogens with two attached hydrogens (primary N) is 1. The number of hydrogen-bond donors (Lipinski definition) is 3. The number of fused-ring (bicyclic) bond motifs is 2. The zero-order valence-corrected chi connectivity index (χ0v) is 33.2. The van der Waals surface area contributed by atoms with E-state index in [1.807, 2.05) is 59.3 Å². The summed E-state index contributed by atoms with van der Waals surface area (Å²) in [5.41, 5.74) is 12.8. The first-order valence-electron chi connectivity index (χ1n) is 20.4. The molecule has 5 heterocycles. The fourth-order valence-corrected chi connectivity index (χ4v) is 8.77. The quantitative estimate of drug-likeness (QED) is 0.148. The molecule has 4 aliphatic rings. The van der Waals surface area contributed by atoms with Gasteiger partial charge in [-0.15, -0.1) is 0 Å². The van der Waals surface area contributed by atoms with E-state index in [0.29, 0.717) is 65.3 Å². The minimum Gasteiger partial charge on any atom is -0.496 e. The van der Waals surface area contributed by atoms with Crippen molar-refractivity contribution in [2.75, 3.05) is 79.5 Å². The number of carbonyl (C=O) groups excluding carboxylic acids is 3. The van der Waals surface area contributed by atoms with Crippen LogP contribution < -0.4 is 40.5 Å². The lowest BCUT2D eigenvalue weighted by Crippen LogP contribution is -2.49. The number of aryl methyl sites for hydroxylation is 2. The fraction of sp³-hybridized carbons (Fsp3) is 0.333. The number of primary amides is 1. The topological polar surface area (TPSA) is 151 Å². The standard InChI is InChI=1S/C45H49N9O5/c1-58-39-28-36(59-35-5-3-2-4-6-35)12-13-37(39)42-41(43(46)56)44-47-38-14-11-34(27-31(38)17-22-54(44)49-42)52-25-23-50(24-26-52)29-30-15-19-51(20-16-30)32-7-9-33(10-8-32)53-21-18-40(55)48-45(53)57/h2-14,27-28,30,47H,15-26,29H2,1H3,(H2,46,56)(H,48,55,57). The third-order valence-electron chi connectivity index (χ3n) is 12.0. The van der Waals surface area contributed by atoms with Crippen LogP contribution in [0, 0.1) is 5.92 Å². The normalized spacial score (nSPS) is 17.4. The molecule has 5 aromatic rings. The smallest absolute Gasteiger partial charge is 0.328 e. The van der Waals surface area contributed by atoms with Gasteiger partial charge in [0.05, 0.1) is 7.11 Å². The number of benzene rings is 4. The number of carbonyl (C=O) groups is 3. The van der Waals surface area contributed by atoms with Crippen molar-refractivity contribution < 1.29 is 23.9 Å². The molecule has 0 saturated carbocycles. The maximum atomic E-state index is 13.0. The maximum absolute atomic E-state index is 13.0. The summed E-state index contributed by atoms with van der Waals surface area (Å²) in [5, 5.41) is 10.8. The van der Waals surface area contributed by atoms with Gasteiger partial charge in [0, 0.05) is 99.7 Å². The van der Waals surface area contributed by atoms with Crippen LogP contribution in [0.15, 0.2) is 91.0 Å². The highest BCUT2D eigenvalue weighted by molar-refractivity contribution is 6.06. The summed E-state index contributed by atoms with van der Waals surface area (Å²) < 4.78 is 13.6. The van der Waals surface area contributed by atoms with E-state index in [0.717, 1.165) is 76.5 Å². The number of amides is 4. The van der Waals surface area contributed by atoms with Crippen LogP contribution >= 0.6 is 0 Å². The lowest BCUT2D eigenvalue weighted by Gasteiger charge is -2.40. The number of hydrogen-bond acceptors (Lipinski definition) is 10. The Labute approximate surface area is 343 Å². The van der Waals surface area contributed by atoms with Crippen LogP contribution in [0.25, 0.3) is 11.3 Å². The molecular formula is C45H49N9O5. The molecule has 0 aliphatic carbocycles. The van der Waals surface area contributed by atoms with Crippen molar-refractivity contribution in [3.63, 3.8) is 0 Å². The molecule has 0 spiro atoms. The molecule has 1 aromatic heterocycles. The zero-order chi connectivity index (χ0) is 40.5. The summed E-state index contributed by atoms with van der Waals surface area (Å²) in [5.74, 6) is 2.29. The summed E-state index contributed by atoms with van der Waals surface area (Å²) in [6.07, 6.45) is 3.36. The van der Waals surface area contributed by atoms with E-state index in [2.05, 4.69) is 55.7 Å². The van der Waals surface area contributed by atoms with E-state index in [-0.39, 0.29) is 11.9 Å². The number of para-hydroxylation sites is 1. The van der Waals surface area contributed by atoms with Crippen LogP contribution in [0.2, 0.25) is 0 Å².